The van der Waals surface area contributed by atoms with Crippen molar-refractivity contribution in [2.75, 3.05) is 18.5 Å². The lowest BCUT2D eigenvalue weighted by Crippen LogP contribution is -2.31. The number of anilines is 1. The number of benzene rings is 1. The summed E-state index contributed by atoms with van der Waals surface area (Å²) in [5.74, 6) is 5.32. The van der Waals surface area contributed by atoms with Crippen LogP contribution in [0.2, 0.25) is 0 Å². The molecule has 21 heavy (non-hydrogen) atoms. The summed E-state index contributed by atoms with van der Waals surface area (Å²) in [5, 5.41) is 10.8. The highest BCUT2D eigenvalue weighted by Gasteiger charge is 2.38. The van der Waals surface area contributed by atoms with Crippen LogP contribution in [0, 0.1) is 15.5 Å². The monoisotopic (exact) mass is 314 g/mol. The molecule has 1 aliphatic rings. The van der Waals surface area contributed by atoms with E-state index >= 15 is 0 Å². The van der Waals surface area contributed by atoms with Gasteiger partial charge in [-0.05, 0) is 17.9 Å². The Morgan fingerprint density at radius 3 is 2.57 bits per heavy atom. The molecule has 0 saturated carbocycles. The van der Waals surface area contributed by atoms with E-state index < -0.39 is 14.9 Å². The van der Waals surface area contributed by atoms with Crippen LogP contribution in [0.15, 0.2) is 23.1 Å². The molecule has 2 rings (SSSR count). The Bertz CT molecular complexity index is 672. The largest absolute Gasteiger partial charge is 0.323 e. The van der Waals surface area contributed by atoms with Gasteiger partial charge in [0.2, 0.25) is 10.0 Å². The van der Waals surface area contributed by atoms with Crippen LogP contribution in [-0.4, -0.2) is 30.7 Å². The van der Waals surface area contributed by atoms with Crippen LogP contribution in [-0.2, 0) is 10.0 Å². The lowest BCUT2D eigenvalue weighted by atomic mass is 9.93. The summed E-state index contributed by atoms with van der Waals surface area (Å²) in [6, 6.07) is 3.55. The average molecular weight is 314 g/mol. The Kier molecular flexibility index (Phi) is 3.91. The van der Waals surface area contributed by atoms with Crippen molar-refractivity contribution in [2.45, 2.75) is 25.2 Å². The number of nitro groups is 1. The maximum Gasteiger partial charge on any atom is 0.270 e. The number of nitrogen functional groups attached to an aromatic ring is 1. The maximum atomic E-state index is 12.7. The first-order chi connectivity index (χ1) is 9.67. The molecular formula is C12H18N4O4S. The minimum Gasteiger partial charge on any atom is -0.323 e. The van der Waals surface area contributed by atoms with E-state index in [1.165, 1.54) is 16.4 Å². The molecule has 0 amide bonds. The highest BCUT2D eigenvalue weighted by Crippen LogP contribution is 2.35. The van der Waals surface area contributed by atoms with E-state index in [2.05, 4.69) is 5.43 Å². The van der Waals surface area contributed by atoms with Crippen molar-refractivity contribution in [3.8, 4) is 0 Å². The van der Waals surface area contributed by atoms with Crippen molar-refractivity contribution < 1.29 is 13.3 Å². The normalized spacial score (nSPS) is 18.6. The van der Waals surface area contributed by atoms with Gasteiger partial charge in [0.15, 0.2) is 0 Å². The van der Waals surface area contributed by atoms with E-state index in [0.717, 1.165) is 12.5 Å². The van der Waals surface area contributed by atoms with Gasteiger partial charge in [0, 0.05) is 25.2 Å². The van der Waals surface area contributed by atoms with Gasteiger partial charge >= 0.3 is 0 Å². The first-order valence-electron chi connectivity index (χ1n) is 6.43. The number of nitrogens with zero attached hydrogens (tertiary/aromatic N) is 2. The third kappa shape index (κ3) is 2.99. The molecule has 3 N–H and O–H groups in total. The topological polar surface area (TPSA) is 119 Å². The van der Waals surface area contributed by atoms with Crippen LogP contribution in [0.1, 0.15) is 20.3 Å². The number of sulfonamides is 1. The Hall–Kier alpha value is -1.71. The van der Waals surface area contributed by atoms with Crippen LogP contribution in [0.5, 0.6) is 0 Å². The molecule has 0 radical (unpaired) electrons. The summed E-state index contributed by atoms with van der Waals surface area (Å²) >= 11 is 0. The zero-order valence-electron chi connectivity index (χ0n) is 11.9. The Balaban J connectivity index is 2.48. The van der Waals surface area contributed by atoms with Crippen molar-refractivity contribution in [1.82, 2.24) is 4.31 Å². The fourth-order valence-corrected chi connectivity index (χ4v) is 4.17. The van der Waals surface area contributed by atoms with Crippen molar-refractivity contribution in [3.63, 3.8) is 0 Å². The molecule has 1 heterocycles. The van der Waals surface area contributed by atoms with E-state index in [1.54, 1.807) is 0 Å². The molecule has 1 aromatic carbocycles. The molecule has 0 aromatic heterocycles. The van der Waals surface area contributed by atoms with E-state index in [0.29, 0.717) is 13.1 Å². The Morgan fingerprint density at radius 2 is 2.10 bits per heavy atom. The van der Waals surface area contributed by atoms with Gasteiger partial charge in [-0.1, -0.05) is 13.8 Å². The standard InChI is InChI=1S/C12H18N4O4S/c1-12(2)5-6-15(8-12)21(19,20)11-7-9(16(17)18)3-4-10(11)14-13/h3-4,7,14H,5-6,8,13H2,1-2H3. The maximum absolute atomic E-state index is 12.7. The SMILES string of the molecule is CC1(C)CCN(S(=O)(=O)c2cc([N+](=O)[O-])ccc2NN)C1. The predicted molar refractivity (Wildman–Crippen MR) is 78.1 cm³/mol. The molecule has 0 unspecified atom stereocenters. The van der Waals surface area contributed by atoms with Crippen molar-refractivity contribution in [1.29, 1.82) is 0 Å². The van der Waals surface area contributed by atoms with Gasteiger partial charge in [-0.25, -0.2) is 8.42 Å². The van der Waals surface area contributed by atoms with E-state index in [4.69, 9.17) is 5.84 Å². The second-order valence-corrected chi connectivity index (χ2v) is 7.74. The van der Waals surface area contributed by atoms with Gasteiger partial charge in [0.25, 0.3) is 5.69 Å². The zero-order valence-corrected chi connectivity index (χ0v) is 12.7. The summed E-state index contributed by atoms with van der Waals surface area (Å²) in [7, 11) is -3.82. The molecule has 1 aromatic rings. The molecule has 1 fully saturated rings. The van der Waals surface area contributed by atoms with Gasteiger partial charge in [0.05, 0.1) is 10.6 Å². The smallest absolute Gasteiger partial charge is 0.270 e. The van der Waals surface area contributed by atoms with Gasteiger partial charge in [0.1, 0.15) is 4.90 Å². The molecule has 116 valence electrons. The van der Waals surface area contributed by atoms with Crippen LogP contribution in [0.3, 0.4) is 0 Å². The van der Waals surface area contributed by atoms with E-state index in [9.17, 15) is 18.5 Å². The molecule has 0 atom stereocenters. The van der Waals surface area contributed by atoms with Gasteiger partial charge in [-0.2, -0.15) is 4.31 Å². The fourth-order valence-electron chi connectivity index (χ4n) is 2.36. The minimum atomic E-state index is -3.82. The van der Waals surface area contributed by atoms with Gasteiger partial charge < -0.3 is 5.43 Å². The lowest BCUT2D eigenvalue weighted by molar-refractivity contribution is -0.385. The fraction of sp³-hybridized carbons (Fsp3) is 0.500. The summed E-state index contributed by atoms with van der Waals surface area (Å²) in [4.78, 5) is 10.0. The number of nitro benzene ring substituents is 1. The highest BCUT2D eigenvalue weighted by atomic mass is 32.2. The Labute approximate surface area is 123 Å². The molecule has 0 bridgehead atoms. The van der Waals surface area contributed by atoms with Crippen molar-refractivity contribution >= 4 is 21.4 Å². The highest BCUT2D eigenvalue weighted by molar-refractivity contribution is 7.89. The summed E-state index contributed by atoms with van der Waals surface area (Å²) in [6.07, 6.45) is 0.743. The number of hydrogen-bond acceptors (Lipinski definition) is 6. The number of nitrogens with two attached hydrogens (primary N) is 1. The Morgan fingerprint density at radius 1 is 1.43 bits per heavy atom. The number of hydrogen-bond donors (Lipinski definition) is 2. The second-order valence-electron chi connectivity index (χ2n) is 5.83. The van der Waals surface area contributed by atoms with Crippen LogP contribution >= 0.6 is 0 Å². The number of hydrazine groups is 1. The van der Waals surface area contributed by atoms with Crippen molar-refractivity contribution in [2.24, 2.45) is 11.3 Å². The predicted octanol–water partition coefficient (Wildman–Crippen LogP) is 1.30. The lowest BCUT2D eigenvalue weighted by Gasteiger charge is -2.20. The third-order valence-electron chi connectivity index (χ3n) is 3.59. The van der Waals surface area contributed by atoms with Crippen LogP contribution < -0.4 is 11.3 Å². The molecule has 0 spiro atoms. The molecule has 1 aliphatic heterocycles. The third-order valence-corrected chi connectivity index (χ3v) is 5.48. The average Bonchev–Trinajstić information content (AvgIpc) is 2.79. The van der Waals surface area contributed by atoms with Gasteiger partial charge in [-0.3, -0.25) is 16.0 Å². The molecule has 0 aliphatic carbocycles. The molecular weight excluding hydrogens is 296 g/mol. The van der Waals surface area contributed by atoms with E-state index in [-0.39, 0.29) is 21.7 Å². The summed E-state index contributed by atoms with van der Waals surface area (Å²) < 4.78 is 26.7. The second kappa shape index (κ2) is 5.24. The first kappa shape index (κ1) is 15.7. The molecule has 9 heteroatoms. The summed E-state index contributed by atoms with van der Waals surface area (Å²) in [6.45, 7) is 4.74. The minimum absolute atomic E-state index is 0.107. The van der Waals surface area contributed by atoms with E-state index in [1.807, 2.05) is 13.8 Å². The van der Waals surface area contributed by atoms with Crippen LogP contribution in [0.25, 0.3) is 0 Å². The number of rotatable bonds is 4. The number of nitrogens with one attached hydrogen (secondary N) is 1. The quantitative estimate of drug-likeness (QED) is 0.491. The summed E-state index contributed by atoms with van der Waals surface area (Å²) in [5.41, 5.74) is 2.03. The van der Waals surface area contributed by atoms with Crippen molar-refractivity contribution in [3.05, 3.63) is 28.3 Å². The van der Waals surface area contributed by atoms with Crippen LogP contribution in [0.4, 0.5) is 11.4 Å². The van der Waals surface area contributed by atoms with Gasteiger partial charge in [-0.15, -0.1) is 0 Å². The zero-order chi connectivity index (χ0) is 15.8. The molecule has 1 saturated heterocycles. The molecule has 8 nitrogen and oxygen atoms in total. The number of non-ortho nitro benzene ring substituents is 1. The first-order valence-corrected chi connectivity index (χ1v) is 7.87.